The van der Waals surface area contributed by atoms with Gasteiger partial charge < -0.3 is 5.32 Å². The Kier molecular flexibility index (Phi) is 4.46. The highest BCUT2D eigenvalue weighted by molar-refractivity contribution is 5.87. The van der Waals surface area contributed by atoms with Crippen molar-refractivity contribution in [2.24, 2.45) is 0 Å². The highest BCUT2D eigenvalue weighted by Gasteiger charge is 2.11. The summed E-state index contributed by atoms with van der Waals surface area (Å²) in [7, 11) is 0. The largest absolute Gasteiger partial charge is 0.369 e. The quantitative estimate of drug-likeness (QED) is 0.702. The summed E-state index contributed by atoms with van der Waals surface area (Å²) in [4.78, 5) is 8.86. The third-order valence-electron chi connectivity index (χ3n) is 4.74. The van der Waals surface area contributed by atoms with Gasteiger partial charge in [-0.05, 0) is 56.7 Å². The number of nitrogens with one attached hydrogen (secondary N) is 1. The van der Waals surface area contributed by atoms with Crippen LogP contribution in [0.1, 0.15) is 37.7 Å². The summed E-state index contributed by atoms with van der Waals surface area (Å²) in [5, 5.41) is 8.95. The summed E-state index contributed by atoms with van der Waals surface area (Å²) in [6.45, 7) is 2.98. The van der Waals surface area contributed by atoms with E-state index < -0.39 is 0 Å². The maximum Gasteiger partial charge on any atom is 0.168 e. The van der Waals surface area contributed by atoms with E-state index in [0.717, 1.165) is 35.5 Å². The summed E-state index contributed by atoms with van der Waals surface area (Å²) in [6, 6.07) is 8.27. The molecular weight excluding hydrogens is 310 g/mol. The van der Waals surface area contributed by atoms with Gasteiger partial charge in [-0.1, -0.05) is 23.8 Å². The van der Waals surface area contributed by atoms with Crippen LogP contribution in [0.2, 0.25) is 0 Å². The van der Waals surface area contributed by atoms with E-state index in [1.807, 2.05) is 23.0 Å². The molecule has 0 atom stereocenters. The van der Waals surface area contributed by atoms with E-state index in [2.05, 4.69) is 45.5 Å². The lowest BCUT2D eigenvalue weighted by molar-refractivity contribution is 0.679. The molecule has 0 amide bonds. The molecule has 25 heavy (non-hydrogen) atoms. The predicted octanol–water partition coefficient (Wildman–Crippen LogP) is 4.43. The highest BCUT2D eigenvalue weighted by Crippen LogP contribution is 2.23. The maximum atomic E-state index is 4.53. The number of rotatable bonds is 5. The van der Waals surface area contributed by atoms with Gasteiger partial charge in [0.2, 0.25) is 0 Å². The summed E-state index contributed by atoms with van der Waals surface area (Å²) >= 11 is 0. The molecule has 0 radical (unpaired) electrons. The minimum Gasteiger partial charge on any atom is -0.369 e. The number of anilines is 1. The van der Waals surface area contributed by atoms with Crippen molar-refractivity contribution in [1.82, 2.24) is 19.7 Å². The van der Waals surface area contributed by atoms with Crippen molar-refractivity contribution in [1.29, 1.82) is 0 Å². The van der Waals surface area contributed by atoms with Gasteiger partial charge >= 0.3 is 0 Å². The molecule has 3 aromatic rings. The van der Waals surface area contributed by atoms with Crippen molar-refractivity contribution in [2.45, 2.75) is 39.0 Å². The van der Waals surface area contributed by atoms with E-state index in [1.54, 1.807) is 11.9 Å². The summed E-state index contributed by atoms with van der Waals surface area (Å²) in [5.74, 6) is 0.861. The Balaban J connectivity index is 1.55. The third-order valence-corrected chi connectivity index (χ3v) is 4.74. The Bertz CT molecular complexity index is 909. The van der Waals surface area contributed by atoms with Crippen molar-refractivity contribution in [3.8, 4) is 5.69 Å². The third kappa shape index (κ3) is 3.40. The van der Waals surface area contributed by atoms with E-state index in [1.165, 1.54) is 31.2 Å². The molecule has 0 fully saturated rings. The average Bonchev–Trinajstić information content (AvgIpc) is 3.08. The summed E-state index contributed by atoms with van der Waals surface area (Å²) < 4.78 is 1.87. The van der Waals surface area contributed by atoms with Crippen molar-refractivity contribution in [3.05, 3.63) is 54.0 Å². The fraction of sp³-hybridized carbons (Fsp3) is 0.350. The van der Waals surface area contributed by atoms with E-state index >= 15 is 0 Å². The lowest BCUT2D eigenvalue weighted by Crippen LogP contribution is -2.06. The maximum absolute atomic E-state index is 4.53. The van der Waals surface area contributed by atoms with Crippen LogP contribution in [0.15, 0.2) is 48.4 Å². The van der Waals surface area contributed by atoms with Gasteiger partial charge in [0.1, 0.15) is 12.1 Å². The molecule has 4 rings (SSSR count). The number of hydrogen-bond acceptors (Lipinski definition) is 4. The van der Waals surface area contributed by atoms with Gasteiger partial charge in [-0.25, -0.2) is 14.6 Å². The zero-order chi connectivity index (χ0) is 17.1. The van der Waals surface area contributed by atoms with Crippen molar-refractivity contribution >= 4 is 16.9 Å². The van der Waals surface area contributed by atoms with Gasteiger partial charge in [-0.3, -0.25) is 0 Å². The molecule has 1 aliphatic carbocycles. The number of aromatic nitrogens is 4. The molecule has 5 nitrogen and oxygen atoms in total. The van der Waals surface area contributed by atoms with Gasteiger partial charge in [0.25, 0.3) is 0 Å². The highest BCUT2D eigenvalue weighted by atomic mass is 15.3. The van der Waals surface area contributed by atoms with Gasteiger partial charge in [-0.2, -0.15) is 5.10 Å². The molecule has 2 heterocycles. The first-order valence-corrected chi connectivity index (χ1v) is 8.99. The Hall–Kier alpha value is -2.69. The smallest absolute Gasteiger partial charge is 0.168 e. The van der Waals surface area contributed by atoms with Crippen LogP contribution in [-0.2, 0) is 0 Å². The van der Waals surface area contributed by atoms with Crippen LogP contribution in [-0.4, -0.2) is 26.3 Å². The monoisotopic (exact) mass is 333 g/mol. The molecule has 0 aliphatic heterocycles. The summed E-state index contributed by atoms with van der Waals surface area (Å²) in [5.41, 5.74) is 4.63. The first-order valence-electron chi connectivity index (χ1n) is 8.99. The molecule has 5 heteroatoms. The van der Waals surface area contributed by atoms with Crippen molar-refractivity contribution < 1.29 is 0 Å². The second kappa shape index (κ2) is 7.05. The fourth-order valence-corrected chi connectivity index (χ4v) is 3.41. The molecule has 0 saturated carbocycles. The Morgan fingerprint density at radius 2 is 2.16 bits per heavy atom. The number of nitrogens with zero attached hydrogens (tertiary/aromatic N) is 4. The van der Waals surface area contributed by atoms with E-state index in [0.29, 0.717) is 0 Å². The molecule has 1 aromatic carbocycles. The standard InChI is InChI=1S/C20H23N5/c1-15-6-5-9-17(12-15)25-20-18(13-24-25)19(22-14-23-20)21-11-10-16-7-3-2-4-8-16/h5-7,9,12-14H,2-4,8,10-11H2,1H3,(H,21,22,23). The van der Waals surface area contributed by atoms with Crippen LogP contribution in [0.3, 0.4) is 0 Å². The topological polar surface area (TPSA) is 55.6 Å². The molecule has 1 aliphatic rings. The number of aryl methyl sites for hydroxylation is 1. The average molecular weight is 333 g/mol. The zero-order valence-electron chi connectivity index (χ0n) is 14.6. The molecule has 0 saturated heterocycles. The molecule has 1 N–H and O–H groups in total. The first kappa shape index (κ1) is 15.8. The number of hydrogen-bond donors (Lipinski definition) is 1. The van der Waals surface area contributed by atoms with E-state index in [9.17, 15) is 0 Å². The lowest BCUT2D eigenvalue weighted by atomic mass is 9.97. The van der Waals surface area contributed by atoms with Crippen LogP contribution in [0.25, 0.3) is 16.7 Å². The second-order valence-electron chi connectivity index (χ2n) is 6.64. The molecule has 2 aromatic heterocycles. The first-order chi connectivity index (χ1) is 12.3. The number of allylic oxidation sites excluding steroid dienone is 1. The molecule has 0 spiro atoms. The van der Waals surface area contributed by atoms with Crippen molar-refractivity contribution in [2.75, 3.05) is 11.9 Å². The van der Waals surface area contributed by atoms with Gasteiger partial charge in [-0.15, -0.1) is 0 Å². The zero-order valence-corrected chi connectivity index (χ0v) is 14.6. The SMILES string of the molecule is Cc1cccc(-n2ncc3c(NCCC4=CCCCC4)ncnc32)c1. The second-order valence-corrected chi connectivity index (χ2v) is 6.64. The number of benzene rings is 1. The van der Waals surface area contributed by atoms with Crippen molar-refractivity contribution in [3.63, 3.8) is 0 Å². The Labute approximate surface area is 147 Å². The minimum atomic E-state index is 0.833. The Morgan fingerprint density at radius 3 is 3.00 bits per heavy atom. The Morgan fingerprint density at radius 1 is 1.20 bits per heavy atom. The molecule has 0 unspecified atom stereocenters. The molecule has 128 valence electrons. The number of fused-ring (bicyclic) bond motifs is 1. The van der Waals surface area contributed by atoms with Crippen LogP contribution in [0.5, 0.6) is 0 Å². The van der Waals surface area contributed by atoms with Gasteiger partial charge in [0.15, 0.2) is 5.65 Å². The predicted molar refractivity (Wildman–Crippen MR) is 101 cm³/mol. The van der Waals surface area contributed by atoms with E-state index in [4.69, 9.17) is 0 Å². The van der Waals surface area contributed by atoms with Crippen LogP contribution < -0.4 is 5.32 Å². The lowest BCUT2D eigenvalue weighted by Gasteiger charge is -2.13. The fourth-order valence-electron chi connectivity index (χ4n) is 3.41. The normalized spacial score (nSPS) is 14.5. The molecular formula is C20H23N5. The van der Waals surface area contributed by atoms with Crippen LogP contribution in [0, 0.1) is 6.92 Å². The van der Waals surface area contributed by atoms with Crippen LogP contribution in [0.4, 0.5) is 5.82 Å². The van der Waals surface area contributed by atoms with Gasteiger partial charge in [0, 0.05) is 6.54 Å². The van der Waals surface area contributed by atoms with E-state index in [-0.39, 0.29) is 0 Å². The minimum absolute atomic E-state index is 0.833. The van der Waals surface area contributed by atoms with Crippen LogP contribution >= 0.6 is 0 Å². The van der Waals surface area contributed by atoms with Gasteiger partial charge in [0.05, 0.1) is 17.3 Å². The molecule has 0 bridgehead atoms. The summed E-state index contributed by atoms with van der Waals surface area (Å²) in [6.07, 6.45) is 12.1.